The molecule has 3 heteroatoms. The molecule has 0 aliphatic carbocycles. The maximum absolute atomic E-state index is 13.5. The minimum Gasteiger partial charge on any atom is -0.354 e. The van der Waals surface area contributed by atoms with Crippen molar-refractivity contribution in [3.05, 3.63) is 101 Å². The maximum Gasteiger partial charge on any atom is 0.199 e. The number of carbonyl (C=O) groups excluding carboxylic acids is 1. The van der Waals surface area contributed by atoms with E-state index in [9.17, 15) is 9.18 Å². The van der Waals surface area contributed by atoms with Gasteiger partial charge in [-0.1, -0.05) is 54.6 Å². The lowest BCUT2D eigenvalue weighted by Crippen LogP contribution is -2.46. The monoisotopic (exact) mass is 317 g/mol. The molecule has 0 fully saturated rings. The topological polar surface area (TPSA) is 20.3 Å². The van der Waals surface area contributed by atoms with Crippen LogP contribution in [0.25, 0.3) is 0 Å². The molecule has 118 valence electrons. The largest absolute Gasteiger partial charge is 0.354 e. The first-order valence-electron chi connectivity index (χ1n) is 7.85. The van der Waals surface area contributed by atoms with Crippen molar-refractivity contribution in [3.8, 4) is 0 Å². The SMILES string of the molecule is CN1c2ccccc2C(=O)C1(c1ccccc1)c1ccc(F)cc1. The molecule has 0 radical (unpaired) electrons. The van der Waals surface area contributed by atoms with Crippen molar-refractivity contribution in [2.75, 3.05) is 11.9 Å². The summed E-state index contributed by atoms with van der Waals surface area (Å²) in [5.41, 5.74) is 2.24. The number of hydrogen-bond acceptors (Lipinski definition) is 2. The van der Waals surface area contributed by atoms with E-state index >= 15 is 0 Å². The van der Waals surface area contributed by atoms with E-state index in [0.29, 0.717) is 5.56 Å². The lowest BCUT2D eigenvalue weighted by atomic mass is 9.79. The minimum atomic E-state index is -0.974. The Hall–Kier alpha value is -2.94. The zero-order valence-electron chi connectivity index (χ0n) is 13.2. The average Bonchev–Trinajstić information content (AvgIpc) is 2.86. The Morgan fingerprint density at radius 1 is 0.792 bits per heavy atom. The third-order valence-electron chi connectivity index (χ3n) is 4.80. The van der Waals surface area contributed by atoms with E-state index in [1.807, 2.05) is 66.5 Å². The molecule has 1 unspecified atom stereocenters. The molecule has 2 nitrogen and oxygen atoms in total. The quantitative estimate of drug-likeness (QED) is 0.698. The molecule has 0 bridgehead atoms. The van der Waals surface area contributed by atoms with Crippen molar-refractivity contribution in [2.24, 2.45) is 0 Å². The predicted molar refractivity (Wildman–Crippen MR) is 92.8 cm³/mol. The number of benzene rings is 3. The molecule has 1 heterocycles. The standard InChI is InChI=1S/C21H16FNO/c1-23-19-10-6-5-9-18(19)20(24)21(23,15-7-3-2-4-8-15)16-11-13-17(22)14-12-16/h2-14H,1H3. The number of halogens is 1. The highest BCUT2D eigenvalue weighted by Gasteiger charge is 2.52. The van der Waals surface area contributed by atoms with Gasteiger partial charge < -0.3 is 4.90 Å². The Labute approximate surface area is 140 Å². The second kappa shape index (κ2) is 5.31. The molecular formula is C21H16FNO. The number of ketones is 1. The molecule has 0 spiro atoms. The number of hydrogen-bond donors (Lipinski definition) is 0. The van der Waals surface area contributed by atoms with Crippen molar-refractivity contribution in [2.45, 2.75) is 5.54 Å². The third-order valence-corrected chi connectivity index (χ3v) is 4.80. The van der Waals surface area contributed by atoms with Gasteiger partial charge >= 0.3 is 0 Å². The van der Waals surface area contributed by atoms with Gasteiger partial charge in [-0.05, 0) is 35.4 Å². The highest BCUT2D eigenvalue weighted by Crippen LogP contribution is 2.47. The second-order valence-corrected chi connectivity index (χ2v) is 5.99. The smallest absolute Gasteiger partial charge is 0.199 e. The van der Waals surface area contributed by atoms with Crippen LogP contribution in [0.2, 0.25) is 0 Å². The highest BCUT2D eigenvalue weighted by atomic mass is 19.1. The zero-order chi connectivity index (χ0) is 16.7. The average molecular weight is 317 g/mol. The summed E-state index contributed by atoms with van der Waals surface area (Å²) >= 11 is 0. The van der Waals surface area contributed by atoms with Crippen molar-refractivity contribution in [3.63, 3.8) is 0 Å². The van der Waals surface area contributed by atoms with Crippen LogP contribution in [-0.4, -0.2) is 12.8 Å². The normalized spacial score (nSPS) is 19.4. The fraction of sp³-hybridized carbons (Fsp3) is 0.0952. The predicted octanol–water partition coefficient (Wildman–Crippen LogP) is 4.40. The van der Waals surface area contributed by atoms with Gasteiger partial charge in [-0.3, -0.25) is 4.79 Å². The molecule has 0 aromatic heterocycles. The summed E-state index contributed by atoms with van der Waals surface area (Å²) in [4.78, 5) is 15.5. The van der Waals surface area contributed by atoms with Crippen LogP contribution in [0.15, 0.2) is 78.9 Å². The highest BCUT2D eigenvalue weighted by molar-refractivity contribution is 6.16. The summed E-state index contributed by atoms with van der Waals surface area (Å²) in [6.45, 7) is 0. The first kappa shape index (κ1) is 14.6. The fourth-order valence-electron chi connectivity index (χ4n) is 3.67. The second-order valence-electron chi connectivity index (χ2n) is 5.99. The van der Waals surface area contributed by atoms with Crippen molar-refractivity contribution >= 4 is 11.5 Å². The number of likely N-dealkylation sites (N-methyl/N-ethyl adjacent to an activating group) is 1. The Morgan fingerprint density at radius 2 is 1.38 bits per heavy atom. The van der Waals surface area contributed by atoms with Crippen LogP contribution in [0.5, 0.6) is 0 Å². The Morgan fingerprint density at radius 3 is 2.04 bits per heavy atom. The molecule has 3 aromatic carbocycles. The van der Waals surface area contributed by atoms with Crippen LogP contribution >= 0.6 is 0 Å². The first-order chi connectivity index (χ1) is 11.7. The fourth-order valence-corrected chi connectivity index (χ4v) is 3.67. The molecule has 1 aliphatic heterocycles. The van der Waals surface area contributed by atoms with Crippen LogP contribution in [0, 0.1) is 5.82 Å². The molecule has 0 amide bonds. The van der Waals surface area contributed by atoms with Gasteiger partial charge in [0.05, 0.1) is 0 Å². The van der Waals surface area contributed by atoms with Crippen LogP contribution in [-0.2, 0) is 5.54 Å². The molecule has 24 heavy (non-hydrogen) atoms. The Kier molecular flexibility index (Phi) is 3.24. The number of para-hydroxylation sites is 1. The molecule has 0 saturated heterocycles. The van der Waals surface area contributed by atoms with Gasteiger partial charge in [0.25, 0.3) is 0 Å². The van der Waals surface area contributed by atoms with Gasteiger partial charge in [0.15, 0.2) is 11.3 Å². The van der Waals surface area contributed by atoms with Gasteiger partial charge in [-0.25, -0.2) is 4.39 Å². The van der Waals surface area contributed by atoms with Gasteiger partial charge in [0, 0.05) is 18.3 Å². The number of fused-ring (bicyclic) bond motifs is 1. The summed E-state index contributed by atoms with van der Waals surface area (Å²) in [5, 5.41) is 0. The van der Waals surface area contributed by atoms with Crippen LogP contribution in [0.1, 0.15) is 21.5 Å². The first-order valence-corrected chi connectivity index (χ1v) is 7.85. The zero-order valence-corrected chi connectivity index (χ0v) is 13.2. The van der Waals surface area contributed by atoms with Gasteiger partial charge in [0.1, 0.15) is 5.82 Å². The Balaban J connectivity index is 2.04. The molecule has 1 atom stereocenters. The van der Waals surface area contributed by atoms with Crippen molar-refractivity contribution in [1.29, 1.82) is 0 Å². The lowest BCUT2D eigenvalue weighted by molar-refractivity contribution is 0.0928. The van der Waals surface area contributed by atoms with E-state index in [2.05, 4.69) is 0 Å². The number of rotatable bonds is 2. The van der Waals surface area contributed by atoms with E-state index in [1.165, 1.54) is 12.1 Å². The minimum absolute atomic E-state index is 0.0124. The van der Waals surface area contributed by atoms with Crippen LogP contribution < -0.4 is 4.90 Å². The molecule has 3 aromatic rings. The lowest BCUT2D eigenvalue weighted by Gasteiger charge is -2.37. The summed E-state index contributed by atoms with van der Waals surface area (Å²) in [7, 11) is 1.92. The van der Waals surface area contributed by atoms with Crippen LogP contribution in [0.3, 0.4) is 0 Å². The van der Waals surface area contributed by atoms with E-state index in [1.54, 1.807) is 12.1 Å². The van der Waals surface area contributed by atoms with E-state index in [4.69, 9.17) is 0 Å². The molecule has 4 rings (SSSR count). The third kappa shape index (κ3) is 1.84. The summed E-state index contributed by atoms with van der Waals surface area (Å²) in [6.07, 6.45) is 0. The van der Waals surface area contributed by atoms with Crippen LogP contribution in [0.4, 0.5) is 10.1 Å². The summed E-state index contributed by atoms with van der Waals surface area (Å²) in [5.74, 6) is -0.300. The van der Waals surface area contributed by atoms with Crippen molar-refractivity contribution < 1.29 is 9.18 Å². The van der Waals surface area contributed by atoms with E-state index in [-0.39, 0.29) is 11.6 Å². The van der Waals surface area contributed by atoms with Gasteiger partial charge in [-0.2, -0.15) is 0 Å². The summed E-state index contributed by atoms with van der Waals surface area (Å²) in [6, 6.07) is 23.5. The Bertz CT molecular complexity index is 905. The number of nitrogens with zero attached hydrogens (tertiary/aromatic N) is 1. The summed E-state index contributed by atoms with van der Waals surface area (Å²) < 4.78 is 13.5. The van der Waals surface area contributed by atoms with Gasteiger partial charge in [0.2, 0.25) is 0 Å². The molecule has 1 aliphatic rings. The number of Topliss-reactive ketones (excluding diaryl/α,β-unsaturated/α-hetero) is 1. The molecule has 0 saturated carbocycles. The maximum atomic E-state index is 13.5. The molecule has 0 N–H and O–H groups in total. The number of carbonyl (C=O) groups is 1. The van der Waals surface area contributed by atoms with E-state index < -0.39 is 5.54 Å². The van der Waals surface area contributed by atoms with E-state index in [0.717, 1.165) is 16.8 Å². The van der Waals surface area contributed by atoms with Crippen molar-refractivity contribution in [1.82, 2.24) is 0 Å². The number of anilines is 1. The molecular weight excluding hydrogens is 301 g/mol. The van der Waals surface area contributed by atoms with Gasteiger partial charge in [-0.15, -0.1) is 0 Å².